The molecule has 0 aromatic rings. The maximum Gasteiger partial charge on any atom is 0.0135 e. The van der Waals surface area contributed by atoms with Crippen LogP contribution in [0.5, 0.6) is 0 Å². The average Bonchev–Trinajstić information content (AvgIpc) is 2.37. The van der Waals surface area contributed by atoms with Gasteiger partial charge in [-0.3, -0.25) is 0 Å². The summed E-state index contributed by atoms with van der Waals surface area (Å²) in [6, 6.07) is 0. The van der Waals surface area contributed by atoms with E-state index >= 15 is 0 Å². The third-order valence-electron chi connectivity index (χ3n) is 0.957. The molecule has 0 atom stereocenters. The van der Waals surface area contributed by atoms with Crippen LogP contribution in [0.3, 0.4) is 0 Å². The number of halogens is 2. The molecule has 5 heteroatoms. The second-order valence-electron chi connectivity index (χ2n) is 4.72. The van der Waals surface area contributed by atoms with E-state index in [0.717, 1.165) is 0 Å². The second-order valence-corrected chi connectivity index (χ2v) is 6.13. The van der Waals surface area contributed by atoms with Crippen LogP contribution in [-0.2, 0) is 21.7 Å². The van der Waals surface area contributed by atoms with Gasteiger partial charge in [0.2, 0.25) is 0 Å². The average molecular weight is 334 g/mol. The Balaban J connectivity index is -0.0000000409. The molecule has 0 unspecified atom stereocenters. The molecule has 104 valence electrons. The Hall–Kier alpha value is 0.951. The van der Waals surface area contributed by atoms with Gasteiger partial charge in [-0.15, -0.1) is 24.8 Å². The van der Waals surface area contributed by atoms with Crippen LogP contribution in [0.4, 0.5) is 0 Å². The summed E-state index contributed by atoms with van der Waals surface area (Å²) in [6.07, 6.45) is 7.56. The fraction of sp³-hybridized carbons (Fsp3) is 0.667. The molecule has 0 saturated carbocycles. The minimum atomic E-state index is 0. The van der Waals surface area contributed by atoms with Crippen molar-refractivity contribution in [1.29, 1.82) is 0 Å². The van der Waals surface area contributed by atoms with Crippen LogP contribution in [0, 0.1) is 0 Å². The number of rotatable bonds is 0. The van der Waals surface area contributed by atoms with Gasteiger partial charge in [-0.2, -0.15) is 0 Å². The van der Waals surface area contributed by atoms with Gasteiger partial charge < -0.3 is 5.73 Å². The van der Waals surface area contributed by atoms with Crippen molar-refractivity contribution < 1.29 is 21.7 Å². The molecule has 0 fully saturated rings. The van der Waals surface area contributed by atoms with Gasteiger partial charge in [-0.05, 0) is 34.1 Å². The molecule has 1 nitrogen and oxygen atoms in total. The molecule has 1 rings (SSSR count). The van der Waals surface area contributed by atoms with Crippen molar-refractivity contribution in [1.82, 2.24) is 0 Å². The predicted octanol–water partition coefficient (Wildman–Crippen LogP) is 3.73. The molecule has 0 bridgehead atoms. The number of hydrogen-bond donors (Lipinski definition) is 1. The van der Waals surface area contributed by atoms with Crippen molar-refractivity contribution in [3.63, 3.8) is 0 Å². The van der Waals surface area contributed by atoms with Crippen molar-refractivity contribution in [2.75, 3.05) is 0 Å². The summed E-state index contributed by atoms with van der Waals surface area (Å²) in [5.74, 6) is 0. The SMILES string of the molecule is CC(C)(C)N.CC1=CC=CC1.C[SiH2]C.Cl.Cl.[Ti]. The van der Waals surface area contributed by atoms with Crippen LogP contribution in [0.2, 0.25) is 13.1 Å². The molecule has 0 aromatic heterocycles. The summed E-state index contributed by atoms with van der Waals surface area (Å²) in [4.78, 5) is 0. The van der Waals surface area contributed by atoms with E-state index in [1.54, 1.807) is 0 Å². The molecule has 0 aromatic carbocycles. The van der Waals surface area contributed by atoms with E-state index in [1.807, 2.05) is 20.8 Å². The summed E-state index contributed by atoms with van der Waals surface area (Å²) in [7, 11) is 0.417. The quantitative estimate of drug-likeness (QED) is 0.671. The van der Waals surface area contributed by atoms with Crippen molar-refractivity contribution in [2.45, 2.75) is 52.7 Å². The maximum absolute atomic E-state index is 5.35. The Kier molecular flexibility index (Phi) is 34.9. The molecule has 1 aliphatic rings. The van der Waals surface area contributed by atoms with E-state index in [4.69, 9.17) is 5.73 Å². The maximum atomic E-state index is 5.35. The van der Waals surface area contributed by atoms with E-state index in [1.165, 1.54) is 12.0 Å². The largest absolute Gasteiger partial charge is 0.326 e. The molecular formula is C12H29Cl2NSiTi. The summed E-state index contributed by atoms with van der Waals surface area (Å²) < 4.78 is 0. The van der Waals surface area contributed by atoms with Crippen molar-refractivity contribution in [3.05, 3.63) is 23.8 Å². The monoisotopic (exact) mass is 333 g/mol. The molecule has 0 spiro atoms. The zero-order valence-corrected chi connectivity index (χ0v) is 16.6. The fourth-order valence-electron chi connectivity index (χ4n) is 0.554. The fourth-order valence-corrected chi connectivity index (χ4v) is 0.554. The number of hydrogen-bond acceptors (Lipinski definition) is 1. The predicted molar refractivity (Wildman–Crippen MR) is 86.2 cm³/mol. The number of nitrogens with two attached hydrogens (primary N) is 1. The summed E-state index contributed by atoms with van der Waals surface area (Å²) in [5, 5.41) is 0. The molecule has 0 aliphatic heterocycles. The zero-order chi connectivity index (χ0) is 11.6. The molecule has 2 N–H and O–H groups in total. The van der Waals surface area contributed by atoms with Crippen LogP contribution in [0.15, 0.2) is 23.8 Å². The van der Waals surface area contributed by atoms with Gasteiger partial charge >= 0.3 is 0 Å². The van der Waals surface area contributed by atoms with E-state index in [9.17, 15) is 0 Å². The molecule has 0 amide bonds. The minimum absolute atomic E-state index is 0. The Morgan fingerprint density at radius 3 is 1.53 bits per heavy atom. The molecule has 1 aliphatic carbocycles. The molecule has 17 heavy (non-hydrogen) atoms. The summed E-state index contributed by atoms with van der Waals surface area (Å²) >= 11 is 0. The Morgan fingerprint density at radius 1 is 1.18 bits per heavy atom. The van der Waals surface area contributed by atoms with Gasteiger partial charge in [0.1, 0.15) is 0 Å². The van der Waals surface area contributed by atoms with Gasteiger partial charge in [-0.25, -0.2) is 0 Å². The van der Waals surface area contributed by atoms with Crippen LogP contribution < -0.4 is 5.73 Å². The van der Waals surface area contributed by atoms with E-state index in [-0.39, 0.29) is 52.1 Å². The van der Waals surface area contributed by atoms with Crippen molar-refractivity contribution >= 4 is 34.3 Å². The number of allylic oxidation sites excluding steroid dienone is 4. The van der Waals surface area contributed by atoms with Crippen LogP contribution in [-0.4, -0.2) is 15.1 Å². The summed E-state index contributed by atoms with van der Waals surface area (Å²) in [6.45, 7) is 12.6. The molecule has 0 saturated heterocycles. The smallest absolute Gasteiger partial charge is 0.0135 e. The molecule has 0 heterocycles. The first-order valence-corrected chi connectivity index (χ1v) is 8.25. The third kappa shape index (κ3) is 59.9. The van der Waals surface area contributed by atoms with E-state index in [2.05, 4.69) is 38.2 Å². The summed E-state index contributed by atoms with van der Waals surface area (Å²) in [5.41, 5.74) is 6.82. The van der Waals surface area contributed by atoms with Crippen LogP contribution >= 0.6 is 24.8 Å². The van der Waals surface area contributed by atoms with E-state index < -0.39 is 0 Å². The van der Waals surface area contributed by atoms with E-state index in [0.29, 0.717) is 9.52 Å². The van der Waals surface area contributed by atoms with Gasteiger partial charge in [-0.1, -0.05) is 36.9 Å². The molecule has 0 radical (unpaired) electrons. The second kappa shape index (κ2) is 19.3. The van der Waals surface area contributed by atoms with Gasteiger partial charge in [0.25, 0.3) is 0 Å². The first-order chi connectivity index (χ1) is 6.31. The first kappa shape index (κ1) is 30.8. The van der Waals surface area contributed by atoms with Crippen molar-refractivity contribution in [2.24, 2.45) is 5.73 Å². The Labute approximate surface area is 138 Å². The van der Waals surface area contributed by atoms with Gasteiger partial charge in [0.05, 0.1) is 0 Å². The topological polar surface area (TPSA) is 26.0 Å². The van der Waals surface area contributed by atoms with Gasteiger partial charge in [0, 0.05) is 36.8 Å². The minimum Gasteiger partial charge on any atom is -0.326 e. The Morgan fingerprint density at radius 2 is 1.47 bits per heavy atom. The standard InChI is InChI=1S/C6H8.C4H11N.C2H8Si.2ClH.Ti/c1-6-4-2-3-5-6;1-4(2,3)5;1-3-2;;;/h2-4H,5H2,1H3;5H2,1-3H3;3H2,1-2H3;2*1H;. The van der Waals surface area contributed by atoms with Crippen molar-refractivity contribution in [3.8, 4) is 0 Å². The molecular weight excluding hydrogens is 305 g/mol. The van der Waals surface area contributed by atoms with Crippen LogP contribution in [0.1, 0.15) is 34.1 Å². The van der Waals surface area contributed by atoms with Gasteiger partial charge in [0.15, 0.2) is 0 Å². The zero-order valence-electron chi connectivity index (χ0n) is 12.0. The Bertz CT molecular complexity index is 183. The normalized spacial score (nSPS) is 11.1. The third-order valence-corrected chi connectivity index (χ3v) is 0.957. The van der Waals surface area contributed by atoms with Crippen LogP contribution in [0.25, 0.3) is 0 Å². The first-order valence-electron chi connectivity index (χ1n) is 5.42.